The third kappa shape index (κ3) is 3.67. The van der Waals surface area contributed by atoms with Crippen LogP contribution in [0.5, 0.6) is 0 Å². The number of carbonyl (C=O) groups is 1. The van der Waals surface area contributed by atoms with E-state index in [1.165, 1.54) is 4.90 Å². The molecule has 0 atom stereocenters. The summed E-state index contributed by atoms with van der Waals surface area (Å²) in [4.78, 5) is 13.1. The Labute approximate surface area is 128 Å². The van der Waals surface area contributed by atoms with Crippen molar-refractivity contribution in [2.24, 2.45) is 11.5 Å². The zero-order chi connectivity index (χ0) is 15.3. The van der Waals surface area contributed by atoms with Gasteiger partial charge in [-0.25, -0.2) is 0 Å². The normalized spacial score (nSPS) is 11.6. The van der Waals surface area contributed by atoms with Crippen LogP contribution in [0, 0.1) is 18.3 Å². The molecular formula is C13H15ClN4OS. The lowest BCUT2D eigenvalue weighted by Crippen LogP contribution is -2.38. The van der Waals surface area contributed by atoms with Crippen molar-refractivity contribution < 1.29 is 4.79 Å². The monoisotopic (exact) mass is 310 g/mol. The highest BCUT2D eigenvalue weighted by atomic mass is 35.5. The predicted molar refractivity (Wildman–Crippen MR) is 81.6 cm³/mol. The van der Waals surface area contributed by atoms with Crippen molar-refractivity contribution in [2.75, 3.05) is 6.54 Å². The molecule has 5 nitrogen and oxygen atoms in total. The summed E-state index contributed by atoms with van der Waals surface area (Å²) in [6, 6.07) is 7.16. The van der Waals surface area contributed by atoms with Crippen molar-refractivity contribution in [3.63, 3.8) is 0 Å². The molecule has 20 heavy (non-hydrogen) atoms. The summed E-state index contributed by atoms with van der Waals surface area (Å²) in [6.07, 6.45) is 0. The van der Waals surface area contributed by atoms with E-state index in [1.807, 2.05) is 13.0 Å². The van der Waals surface area contributed by atoms with Crippen molar-refractivity contribution in [2.45, 2.75) is 13.5 Å². The number of hydrogen-bond donors (Lipinski definition) is 3. The lowest BCUT2D eigenvalue weighted by atomic mass is 10.1. The van der Waals surface area contributed by atoms with Crippen LogP contribution in [0.15, 0.2) is 28.9 Å². The quantitative estimate of drug-likeness (QED) is 0.580. The molecule has 1 rings (SSSR count). The average molecular weight is 311 g/mol. The third-order valence-corrected chi connectivity index (χ3v) is 3.56. The molecule has 0 bridgehead atoms. The summed E-state index contributed by atoms with van der Waals surface area (Å²) in [5.74, 6) is -0.422. The molecule has 0 radical (unpaired) electrons. The Hall–Kier alpha value is -1.68. The van der Waals surface area contributed by atoms with Crippen LogP contribution in [0.2, 0.25) is 5.02 Å². The SMILES string of the molecule is Cc1c(Cl)cccc1CN(C(=O)CN)/C(N)=C(/S)C#N. The standard InChI is InChI=1S/C13H15ClN4OS/c1-8-9(3-2-4-10(8)14)7-18(12(19)6-16)13(17)11(20)5-15/h2-4,20H,6-7,16-17H2,1H3/b13-11+. The molecule has 0 saturated carbocycles. The zero-order valence-corrected chi connectivity index (χ0v) is 12.6. The second-order valence-corrected chi connectivity index (χ2v) is 4.91. The van der Waals surface area contributed by atoms with Crippen LogP contribution in [0.4, 0.5) is 0 Å². The summed E-state index contributed by atoms with van der Waals surface area (Å²) in [6.45, 7) is 1.81. The number of nitrogens with two attached hydrogens (primary N) is 2. The maximum Gasteiger partial charge on any atom is 0.242 e. The minimum absolute atomic E-state index is 0.0225. The molecule has 1 aromatic carbocycles. The molecule has 4 N–H and O–H groups in total. The molecule has 0 saturated heterocycles. The van der Waals surface area contributed by atoms with E-state index in [9.17, 15) is 4.79 Å². The van der Waals surface area contributed by atoms with Gasteiger partial charge < -0.3 is 11.5 Å². The predicted octanol–water partition coefficient (Wildman–Crippen LogP) is 1.52. The van der Waals surface area contributed by atoms with Gasteiger partial charge in [0.05, 0.1) is 13.1 Å². The molecule has 0 aliphatic heterocycles. The van der Waals surface area contributed by atoms with Crippen LogP contribution >= 0.6 is 24.2 Å². The fourth-order valence-electron chi connectivity index (χ4n) is 1.60. The van der Waals surface area contributed by atoms with Crippen molar-refractivity contribution in [1.82, 2.24) is 4.90 Å². The van der Waals surface area contributed by atoms with Gasteiger partial charge in [0.1, 0.15) is 16.8 Å². The number of benzene rings is 1. The van der Waals surface area contributed by atoms with Crippen molar-refractivity contribution in [1.29, 1.82) is 5.26 Å². The molecule has 0 spiro atoms. The second kappa shape index (κ2) is 7.20. The van der Waals surface area contributed by atoms with E-state index in [0.29, 0.717) is 5.02 Å². The van der Waals surface area contributed by atoms with Gasteiger partial charge in [-0.1, -0.05) is 23.7 Å². The molecular weight excluding hydrogens is 296 g/mol. The van der Waals surface area contributed by atoms with Crippen LogP contribution in [0.25, 0.3) is 0 Å². The first-order valence-corrected chi connectivity index (χ1v) is 6.58. The van der Waals surface area contributed by atoms with Gasteiger partial charge in [0, 0.05) is 5.02 Å². The molecule has 0 aliphatic carbocycles. The number of nitrogens with zero attached hydrogens (tertiary/aromatic N) is 2. The summed E-state index contributed by atoms with van der Waals surface area (Å²) in [5.41, 5.74) is 12.8. The van der Waals surface area contributed by atoms with Gasteiger partial charge in [0.25, 0.3) is 0 Å². The Morgan fingerprint density at radius 1 is 1.55 bits per heavy atom. The maximum atomic E-state index is 11.9. The first kappa shape index (κ1) is 16.4. The van der Waals surface area contributed by atoms with Gasteiger partial charge >= 0.3 is 0 Å². The van der Waals surface area contributed by atoms with E-state index >= 15 is 0 Å². The first-order valence-electron chi connectivity index (χ1n) is 5.75. The van der Waals surface area contributed by atoms with Gasteiger partial charge in [-0.2, -0.15) is 5.26 Å². The summed E-state index contributed by atoms with van der Waals surface area (Å²) < 4.78 is 0. The van der Waals surface area contributed by atoms with Gasteiger partial charge in [0.15, 0.2) is 0 Å². The molecule has 0 fully saturated rings. The molecule has 0 aliphatic rings. The van der Waals surface area contributed by atoms with E-state index in [4.69, 9.17) is 28.3 Å². The Balaban J connectivity index is 3.19. The van der Waals surface area contributed by atoms with E-state index in [-0.39, 0.29) is 23.8 Å². The number of rotatable bonds is 4. The van der Waals surface area contributed by atoms with Crippen molar-refractivity contribution >= 4 is 30.1 Å². The highest BCUT2D eigenvalue weighted by Crippen LogP contribution is 2.21. The number of halogens is 1. The van der Waals surface area contributed by atoms with Gasteiger partial charge in [-0.3, -0.25) is 9.69 Å². The Kier molecular flexibility index (Phi) is 5.89. The fraction of sp³-hybridized carbons (Fsp3) is 0.231. The van der Waals surface area contributed by atoms with Gasteiger partial charge in [-0.05, 0) is 24.1 Å². The summed E-state index contributed by atoms with van der Waals surface area (Å²) >= 11 is 9.98. The van der Waals surface area contributed by atoms with Crippen LogP contribution in [0.1, 0.15) is 11.1 Å². The topological polar surface area (TPSA) is 96.1 Å². The van der Waals surface area contributed by atoms with Crippen molar-refractivity contribution in [3.05, 3.63) is 45.1 Å². The summed E-state index contributed by atoms with van der Waals surface area (Å²) in [7, 11) is 0. The average Bonchev–Trinajstić information content (AvgIpc) is 2.46. The number of hydrogen-bond acceptors (Lipinski definition) is 5. The molecule has 0 aromatic heterocycles. The number of allylic oxidation sites excluding steroid dienone is 1. The van der Waals surface area contributed by atoms with Crippen molar-refractivity contribution in [3.8, 4) is 6.07 Å². The Morgan fingerprint density at radius 3 is 2.75 bits per heavy atom. The Bertz CT molecular complexity index is 595. The zero-order valence-electron chi connectivity index (χ0n) is 10.9. The number of nitriles is 1. The molecule has 7 heteroatoms. The molecule has 1 aromatic rings. The van der Waals surface area contributed by atoms with Crippen LogP contribution in [0.3, 0.4) is 0 Å². The highest BCUT2D eigenvalue weighted by molar-refractivity contribution is 7.84. The highest BCUT2D eigenvalue weighted by Gasteiger charge is 2.18. The number of amides is 1. The summed E-state index contributed by atoms with van der Waals surface area (Å²) in [5, 5.41) is 9.41. The molecule has 1 amide bonds. The van der Waals surface area contributed by atoms with Crippen LogP contribution in [-0.2, 0) is 11.3 Å². The maximum absolute atomic E-state index is 11.9. The number of thiol groups is 1. The molecule has 0 heterocycles. The van der Waals surface area contributed by atoms with E-state index in [1.54, 1.807) is 18.2 Å². The third-order valence-electron chi connectivity index (χ3n) is 2.82. The molecule has 0 unspecified atom stereocenters. The first-order chi connectivity index (χ1) is 9.42. The van der Waals surface area contributed by atoms with Crippen LogP contribution < -0.4 is 11.5 Å². The smallest absolute Gasteiger partial charge is 0.242 e. The van der Waals surface area contributed by atoms with E-state index in [0.717, 1.165) is 11.1 Å². The molecule has 106 valence electrons. The second-order valence-electron chi connectivity index (χ2n) is 4.05. The fourth-order valence-corrected chi connectivity index (χ4v) is 1.91. The van der Waals surface area contributed by atoms with Gasteiger partial charge in [-0.15, -0.1) is 12.6 Å². The van der Waals surface area contributed by atoms with E-state index in [2.05, 4.69) is 12.6 Å². The minimum Gasteiger partial charge on any atom is -0.383 e. The number of carbonyl (C=O) groups excluding carboxylic acids is 1. The van der Waals surface area contributed by atoms with E-state index < -0.39 is 5.91 Å². The minimum atomic E-state index is -0.399. The lowest BCUT2D eigenvalue weighted by Gasteiger charge is -2.23. The largest absolute Gasteiger partial charge is 0.383 e. The van der Waals surface area contributed by atoms with Crippen LogP contribution in [-0.4, -0.2) is 17.4 Å². The Morgan fingerprint density at radius 2 is 2.20 bits per heavy atom. The lowest BCUT2D eigenvalue weighted by molar-refractivity contribution is -0.128. The van der Waals surface area contributed by atoms with Gasteiger partial charge in [0.2, 0.25) is 5.91 Å².